The summed E-state index contributed by atoms with van der Waals surface area (Å²) >= 11 is 5.83. The lowest BCUT2D eigenvalue weighted by Gasteiger charge is -2.31. The Hall–Kier alpha value is -2.40. The summed E-state index contributed by atoms with van der Waals surface area (Å²) in [5.74, 6) is -0.763. The number of amides is 1. The summed E-state index contributed by atoms with van der Waals surface area (Å²) in [6, 6.07) is 14.7. The normalized spacial score (nSPS) is 17.9. The van der Waals surface area contributed by atoms with Crippen LogP contribution in [0.4, 0.5) is 5.69 Å². The molecule has 3 rings (SSSR count). The quantitative estimate of drug-likeness (QED) is 0.848. The smallest absolute Gasteiger partial charge is 0.243 e. The predicted octanol–water partition coefficient (Wildman–Crippen LogP) is 3.25. The molecule has 1 atom stereocenters. The van der Waals surface area contributed by atoms with Gasteiger partial charge in [-0.05, 0) is 49.2 Å². The molecule has 0 radical (unpaired) electrons. The van der Waals surface area contributed by atoms with Crippen LogP contribution >= 0.6 is 11.6 Å². The number of carbonyl (C=O) groups is 1. The largest absolute Gasteiger partial charge is 0.325 e. The molecule has 1 saturated heterocycles. The van der Waals surface area contributed by atoms with Crippen LogP contribution in [0.25, 0.3) is 0 Å². The van der Waals surface area contributed by atoms with Gasteiger partial charge >= 0.3 is 0 Å². The number of nitriles is 1. The standard InChI is InChI=1S/C19H18ClN3O3S/c20-16-7-9-17(10-8-16)27(25,26)23-11-3-5-15(13-23)19(24)22-18-6-2-1-4-14(18)12-21/h1-2,4,6-10,15H,3,5,11,13H2,(H,22,24). The van der Waals surface area contributed by atoms with E-state index in [4.69, 9.17) is 16.9 Å². The maximum atomic E-state index is 12.8. The van der Waals surface area contributed by atoms with Crippen molar-refractivity contribution in [2.45, 2.75) is 17.7 Å². The van der Waals surface area contributed by atoms with Gasteiger partial charge in [0.05, 0.1) is 22.1 Å². The molecule has 140 valence electrons. The second-order valence-electron chi connectivity index (χ2n) is 6.30. The number of carbonyl (C=O) groups excluding carboxylic acids is 1. The molecular weight excluding hydrogens is 386 g/mol. The highest BCUT2D eigenvalue weighted by molar-refractivity contribution is 7.89. The fraction of sp³-hybridized carbons (Fsp3) is 0.263. The number of nitrogens with one attached hydrogen (secondary N) is 1. The number of anilines is 1. The molecule has 1 N–H and O–H groups in total. The molecule has 1 heterocycles. The van der Waals surface area contributed by atoms with Crippen LogP contribution in [0, 0.1) is 17.2 Å². The Morgan fingerprint density at radius 3 is 2.59 bits per heavy atom. The Balaban J connectivity index is 1.75. The zero-order valence-electron chi connectivity index (χ0n) is 14.4. The summed E-state index contributed by atoms with van der Waals surface area (Å²) in [7, 11) is -3.69. The Morgan fingerprint density at radius 1 is 1.19 bits per heavy atom. The van der Waals surface area contributed by atoms with Crippen molar-refractivity contribution in [2.24, 2.45) is 5.92 Å². The topological polar surface area (TPSA) is 90.3 Å². The van der Waals surface area contributed by atoms with E-state index in [1.54, 1.807) is 24.3 Å². The fourth-order valence-electron chi connectivity index (χ4n) is 3.05. The van der Waals surface area contributed by atoms with E-state index in [0.29, 0.717) is 35.7 Å². The van der Waals surface area contributed by atoms with E-state index in [2.05, 4.69) is 5.32 Å². The van der Waals surface area contributed by atoms with Gasteiger partial charge in [0.25, 0.3) is 0 Å². The minimum absolute atomic E-state index is 0.103. The van der Waals surface area contributed by atoms with E-state index in [-0.39, 0.29) is 17.3 Å². The maximum absolute atomic E-state index is 12.8. The number of piperidine rings is 1. The molecule has 0 saturated carbocycles. The lowest BCUT2D eigenvalue weighted by Crippen LogP contribution is -2.43. The molecule has 6 nitrogen and oxygen atoms in total. The highest BCUT2D eigenvalue weighted by Gasteiger charge is 2.33. The summed E-state index contributed by atoms with van der Waals surface area (Å²) in [5, 5.41) is 12.3. The van der Waals surface area contributed by atoms with E-state index in [1.165, 1.54) is 28.6 Å². The molecule has 8 heteroatoms. The number of hydrogen-bond acceptors (Lipinski definition) is 4. The Bertz CT molecular complexity index is 984. The van der Waals surface area contributed by atoms with Crippen LogP contribution in [0.5, 0.6) is 0 Å². The SMILES string of the molecule is N#Cc1ccccc1NC(=O)C1CCCN(S(=O)(=O)c2ccc(Cl)cc2)C1. The van der Waals surface area contributed by atoms with Gasteiger partial charge in [-0.15, -0.1) is 0 Å². The number of rotatable bonds is 4. The van der Waals surface area contributed by atoms with Crippen LogP contribution in [-0.2, 0) is 14.8 Å². The van der Waals surface area contributed by atoms with E-state index >= 15 is 0 Å². The van der Waals surface area contributed by atoms with E-state index in [0.717, 1.165) is 0 Å². The van der Waals surface area contributed by atoms with E-state index in [9.17, 15) is 13.2 Å². The summed E-state index contributed by atoms with van der Waals surface area (Å²) in [4.78, 5) is 12.8. The van der Waals surface area contributed by atoms with Crippen molar-refractivity contribution in [1.29, 1.82) is 5.26 Å². The third-order valence-electron chi connectivity index (χ3n) is 4.51. The third kappa shape index (κ3) is 4.30. The lowest BCUT2D eigenvalue weighted by atomic mass is 9.98. The molecular formula is C19H18ClN3O3S. The first-order chi connectivity index (χ1) is 12.9. The average molecular weight is 404 g/mol. The van der Waals surface area contributed by atoms with Crippen LogP contribution in [0.2, 0.25) is 5.02 Å². The second-order valence-corrected chi connectivity index (χ2v) is 8.68. The van der Waals surface area contributed by atoms with Crippen LogP contribution in [0.3, 0.4) is 0 Å². The van der Waals surface area contributed by atoms with Crippen LogP contribution in [0.1, 0.15) is 18.4 Å². The zero-order valence-corrected chi connectivity index (χ0v) is 16.0. The van der Waals surface area contributed by atoms with Gasteiger partial charge in [0.15, 0.2) is 0 Å². The maximum Gasteiger partial charge on any atom is 0.243 e. The first kappa shape index (κ1) is 19.4. The molecule has 0 aliphatic carbocycles. The number of para-hydroxylation sites is 1. The van der Waals surface area contributed by atoms with Gasteiger partial charge < -0.3 is 5.32 Å². The average Bonchev–Trinajstić information content (AvgIpc) is 2.69. The van der Waals surface area contributed by atoms with Gasteiger partial charge in [0.2, 0.25) is 15.9 Å². The van der Waals surface area contributed by atoms with Gasteiger partial charge in [0.1, 0.15) is 6.07 Å². The molecule has 0 spiro atoms. The summed E-state index contributed by atoms with van der Waals surface area (Å²) < 4.78 is 27.0. The zero-order chi connectivity index (χ0) is 19.4. The molecule has 1 aliphatic heterocycles. The molecule has 2 aromatic rings. The molecule has 2 aromatic carbocycles. The lowest BCUT2D eigenvalue weighted by molar-refractivity contribution is -0.120. The van der Waals surface area contributed by atoms with Crippen LogP contribution < -0.4 is 5.32 Å². The Morgan fingerprint density at radius 2 is 1.89 bits per heavy atom. The number of nitrogens with zero attached hydrogens (tertiary/aromatic N) is 2. The summed E-state index contributed by atoms with van der Waals surface area (Å²) in [6.07, 6.45) is 1.18. The van der Waals surface area contributed by atoms with E-state index < -0.39 is 15.9 Å². The number of halogens is 1. The van der Waals surface area contributed by atoms with Crippen LogP contribution in [-0.4, -0.2) is 31.7 Å². The summed E-state index contributed by atoms with van der Waals surface area (Å²) in [6.45, 7) is 0.467. The molecule has 0 aromatic heterocycles. The minimum atomic E-state index is -3.69. The van der Waals surface area contributed by atoms with Crippen molar-refractivity contribution in [3.05, 3.63) is 59.1 Å². The number of sulfonamides is 1. The number of benzene rings is 2. The van der Waals surface area contributed by atoms with Crippen LogP contribution in [0.15, 0.2) is 53.4 Å². The molecule has 1 unspecified atom stereocenters. The molecule has 1 amide bonds. The minimum Gasteiger partial charge on any atom is -0.325 e. The highest BCUT2D eigenvalue weighted by Crippen LogP contribution is 2.26. The second kappa shape index (κ2) is 8.09. The van der Waals surface area contributed by atoms with Gasteiger partial charge in [0, 0.05) is 18.1 Å². The molecule has 1 fully saturated rings. The molecule has 1 aliphatic rings. The predicted molar refractivity (Wildman–Crippen MR) is 103 cm³/mol. The third-order valence-corrected chi connectivity index (χ3v) is 6.64. The van der Waals surface area contributed by atoms with Crippen molar-refractivity contribution < 1.29 is 13.2 Å². The number of hydrogen-bond donors (Lipinski definition) is 1. The van der Waals surface area contributed by atoms with Crippen molar-refractivity contribution in [3.8, 4) is 6.07 Å². The van der Waals surface area contributed by atoms with Gasteiger partial charge in [-0.25, -0.2) is 8.42 Å². The van der Waals surface area contributed by atoms with Crippen molar-refractivity contribution >= 4 is 33.2 Å². The van der Waals surface area contributed by atoms with Gasteiger partial charge in [-0.3, -0.25) is 4.79 Å². The van der Waals surface area contributed by atoms with Gasteiger partial charge in [-0.2, -0.15) is 9.57 Å². The van der Waals surface area contributed by atoms with E-state index in [1.807, 2.05) is 6.07 Å². The summed E-state index contributed by atoms with van der Waals surface area (Å²) in [5.41, 5.74) is 0.801. The Kier molecular flexibility index (Phi) is 5.80. The van der Waals surface area contributed by atoms with Crippen molar-refractivity contribution in [2.75, 3.05) is 18.4 Å². The van der Waals surface area contributed by atoms with Gasteiger partial charge in [-0.1, -0.05) is 23.7 Å². The monoisotopic (exact) mass is 403 g/mol. The first-order valence-electron chi connectivity index (χ1n) is 8.47. The first-order valence-corrected chi connectivity index (χ1v) is 10.3. The highest BCUT2D eigenvalue weighted by atomic mass is 35.5. The molecule has 0 bridgehead atoms. The van der Waals surface area contributed by atoms with Crippen molar-refractivity contribution in [1.82, 2.24) is 4.31 Å². The fourth-order valence-corrected chi connectivity index (χ4v) is 4.70. The Labute approximate surface area is 163 Å². The molecule has 27 heavy (non-hydrogen) atoms. The van der Waals surface area contributed by atoms with Crippen molar-refractivity contribution in [3.63, 3.8) is 0 Å².